The molecule has 4 nitrogen and oxygen atoms in total. The Morgan fingerprint density at radius 1 is 1.50 bits per heavy atom. The largest absolute Gasteiger partial charge is 0.314 e. The van der Waals surface area contributed by atoms with E-state index in [2.05, 4.69) is 15.5 Å². The summed E-state index contributed by atoms with van der Waals surface area (Å²) in [5.74, 6) is 0.509. The van der Waals surface area contributed by atoms with Gasteiger partial charge in [0.15, 0.2) is 11.5 Å². The minimum Gasteiger partial charge on any atom is -0.314 e. The van der Waals surface area contributed by atoms with E-state index in [9.17, 15) is 4.39 Å². The summed E-state index contributed by atoms with van der Waals surface area (Å²) in [6.45, 7) is 1.07. The number of hydrogen-bond donors (Lipinski definition) is 1. The number of nitrogens with one attached hydrogen (secondary N) is 1. The molecule has 0 amide bonds. The molecule has 0 bridgehead atoms. The molecule has 0 radical (unpaired) electrons. The van der Waals surface area contributed by atoms with Crippen molar-refractivity contribution in [2.75, 3.05) is 6.54 Å². The van der Waals surface area contributed by atoms with Crippen molar-refractivity contribution in [2.24, 2.45) is 0 Å². The van der Waals surface area contributed by atoms with Crippen LogP contribution in [0.15, 0.2) is 18.3 Å². The highest BCUT2D eigenvalue weighted by Gasteiger charge is 2.18. The molecule has 1 fully saturated rings. The summed E-state index contributed by atoms with van der Waals surface area (Å²) in [6.07, 6.45) is 4.98. The molecule has 3 heterocycles. The van der Waals surface area contributed by atoms with E-state index in [0.29, 0.717) is 11.7 Å². The predicted octanol–water partition coefficient (Wildman–Crippen LogP) is 1.16. The fourth-order valence-electron chi connectivity index (χ4n) is 2.22. The molecular formula is C11H13FN4. The molecule has 2 aromatic heterocycles. The van der Waals surface area contributed by atoms with Crippen molar-refractivity contribution < 1.29 is 4.39 Å². The fourth-order valence-corrected chi connectivity index (χ4v) is 2.22. The molecule has 1 aliphatic rings. The van der Waals surface area contributed by atoms with Gasteiger partial charge in [-0.05, 0) is 31.5 Å². The van der Waals surface area contributed by atoms with Gasteiger partial charge in [0.05, 0.1) is 0 Å². The number of aromatic nitrogens is 3. The Labute approximate surface area is 92.5 Å². The number of halogens is 1. The number of rotatable bonds is 2. The number of pyridine rings is 1. The minimum atomic E-state index is -0.319. The van der Waals surface area contributed by atoms with Crippen LogP contribution in [0, 0.1) is 5.82 Å². The van der Waals surface area contributed by atoms with Crippen LogP contribution in [0.4, 0.5) is 4.39 Å². The van der Waals surface area contributed by atoms with Crippen LogP contribution in [0.3, 0.4) is 0 Å². The lowest BCUT2D eigenvalue weighted by Gasteiger charge is -2.07. The molecule has 0 aliphatic carbocycles. The zero-order chi connectivity index (χ0) is 11.0. The van der Waals surface area contributed by atoms with Crippen LogP contribution in [0.1, 0.15) is 18.7 Å². The maximum atomic E-state index is 13.4. The van der Waals surface area contributed by atoms with E-state index in [1.54, 1.807) is 10.5 Å². The van der Waals surface area contributed by atoms with Gasteiger partial charge in [-0.15, -0.1) is 10.2 Å². The van der Waals surface area contributed by atoms with Crippen LogP contribution in [0.25, 0.3) is 5.65 Å². The van der Waals surface area contributed by atoms with Gasteiger partial charge in [0.25, 0.3) is 0 Å². The third-order valence-corrected chi connectivity index (χ3v) is 3.05. The lowest BCUT2D eigenvalue weighted by atomic mass is 10.1. The van der Waals surface area contributed by atoms with Crippen LogP contribution >= 0.6 is 0 Å². The zero-order valence-corrected chi connectivity index (χ0v) is 8.86. The first-order valence-corrected chi connectivity index (χ1v) is 5.56. The van der Waals surface area contributed by atoms with Crippen molar-refractivity contribution in [2.45, 2.75) is 25.3 Å². The van der Waals surface area contributed by atoms with Crippen LogP contribution in [0.2, 0.25) is 0 Å². The summed E-state index contributed by atoms with van der Waals surface area (Å²) in [5.41, 5.74) is 0.315. The molecule has 1 N–H and O–H groups in total. The number of hydrogen-bond acceptors (Lipinski definition) is 3. The van der Waals surface area contributed by atoms with E-state index < -0.39 is 0 Å². The summed E-state index contributed by atoms with van der Waals surface area (Å²) in [4.78, 5) is 0. The highest BCUT2D eigenvalue weighted by molar-refractivity contribution is 5.39. The zero-order valence-electron chi connectivity index (χ0n) is 8.86. The summed E-state index contributed by atoms with van der Waals surface area (Å²) in [6, 6.07) is 3.54. The van der Waals surface area contributed by atoms with Gasteiger partial charge < -0.3 is 5.32 Å². The molecule has 5 heteroatoms. The highest BCUT2D eigenvalue weighted by atomic mass is 19.1. The van der Waals surface area contributed by atoms with E-state index in [1.807, 2.05) is 6.20 Å². The molecule has 1 atom stereocenters. The molecule has 3 rings (SSSR count). The Morgan fingerprint density at radius 3 is 3.25 bits per heavy atom. The lowest BCUT2D eigenvalue weighted by molar-refractivity contribution is 0.581. The van der Waals surface area contributed by atoms with Gasteiger partial charge in [-0.2, -0.15) is 0 Å². The van der Waals surface area contributed by atoms with Crippen molar-refractivity contribution in [1.29, 1.82) is 0 Å². The summed E-state index contributed by atoms with van der Waals surface area (Å²) in [7, 11) is 0. The Morgan fingerprint density at radius 2 is 2.44 bits per heavy atom. The molecular weight excluding hydrogens is 207 g/mol. The molecule has 1 aliphatic heterocycles. The van der Waals surface area contributed by atoms with Gasteiger partial charge >= 0.3 is 0 Å². The van der Waals surface area contributed by atoms with Crippen molar-refractivity contribution in [1.82, 2.24) is 19.9 Å². The Balaban J connectivity index is 1.94. The summed E-state index contributed by atoms with van der Waals surface area (Å²) < 4.78 is 15.1. The third-order valence-electron chi connectivity index (χ3n) is 3.05. The van der Waals surface area contributed by atoms with Crippen LogP contribution in [0.5, 0.6) is 0 Å². The molecule has 84 valence electrons. The Hall–Kier alpha value is -1.49. The number of nitrogens with zero attached hydrogens (tertiary/aromatic N) is 3. The summed E-state index contributed by atoms with van der Waals surface area (Å²) in [5, 5.41) is 11.3. The van der Waals surface area contributed by atoms with Gasteiger partial charge in [0, 0.05) is 18.7 Å². The second-order valence-corrected chi connectivity index (χ2v) is 4.16. The first kappa shape index (κ1) is 9.72. The van der Waals surface area contributed by atoms with Gasteiger partial charge in [0.2, 0.25) is 0 Å². The molecule has 2 aromatic rings. The Bertz CT molecular complexity index is 502. The third kappa shape index (κ3) is 1.57. The summed E-state index contributed by atoms with van der Waals surface area (Å²) >= 11 is 0. The van der Waals surface area contributed by atoms with Gasteiger partial charge in [-0.25, -0.2) is 4.39 Å². The first-order chi connectivity index (χ1) is 7.84. The molecule has 0 spiro atoms. The lowest BCUT2D eigenvalue weighted by Crippen LogP contribution is -2.24. The minimum absolute atomic E-state index is 0.315. The standard InChI is InChI=1S/C11H13FN4/c12-9-4-2-6-16-10(14-15-11(9)16)7-8-3-1-5-13-8/h2,4,6,8,13H,1,3,5,7H2. The first-order valence-electron chi connectivity index (χ1n) is 5.56. The smallest absolute Gasteiger partial charge is 0.196 e. The fraction of sp³-hybridized carbons (Fsp3) is 0.455. The molecule has 16 heavy (non-hydrogen) atoms. The maximum Gasteiger partial charge on any atom is 0.196 e. The monoisotopic (exact) mass is 220 g/mol. The average Bonchev–Trinajstić information content (AvgIpc) is 2.90. The van der Waals surface area contributed by atoms with Gasteiger partial charge in [-0.3, -0.25) is 4.40 Å². The van der Waals surface area contributed by atoms with Gasteiger partial charge in [-0.1, -0.05) is 0 Å². The normalized spacial score (nSPS) is 20.7. The van der Waals surface area contributed by atoms with Crippen LogP contribution in [-0.2, 0) is 6.42 Å². The quantitative estimate of drug-likeness (QED) is 0.826. The van der Waals surface area contributed by atoms with Crippen molar-refractivity contribution in [3.05, 3.63) is 30.0 Å². The number of fused-ring (bicyclic) bond motifs is 1. The average molecular weight is 220 g/mol. The second-order valence-electron chi connectivity index (χ2n) is 4.16. The predicted molar refractivity (Wildman–Crippen MR) is 57.7 cm³/mol. The Kier molecular flexibility index (Phi) is 2.32. The van der Waals surface area contributed by atoms with Crippen molar-refractivity contribution >= 4 is 5.65 Å². The van der Waals surface area contributed by atoms with E-state index in [-0.39, 0.29) is 5.82 Å². The maximum absolute atomic E-state index is 13.4. The molecule has 1 unspecified atom stereocenters. The van der Waals surface area contributed by atoms with E-state index in [4.69, 9.17) is 0 Å². The topological polar surface area (TPSA) is 42.2 Å². The van der Waals surface area contributed by atoms with E-state index in [1.165, 1.54) is 12.5 Å². The highest BCUT2D eigenvalue weighted by Crippen LogP contribution is 2.13. The van der Waals surface area contributed by atoms with E-state index >= 15 is 0 Å². The SMILES string of the molecule is Fc1cccn2c(CC3CCCN3)nnc12. The van der Waals surface area contributed by atoms with Crippen molar-refractivity contribution in [3.63, 3.8) is 0 Å². The molecule has 0 aromatic carbocycles. The molecule has 1 saturated heterocycles. The molecule has 0 saturated carbocycles. The van der Waals surface area contributed by atoms with Crippen LogP contribution in [-0.4, -0.2) is 27.2 Å². The van der Waals surface area contributed by atoms with E-state index in [0.717, 1.165) is 25.2 Å². The van der Waals surface area contributed by atoms with Gasteiger partial charge in [0.1, 0.15) is 5.82 Å². The van der Waals surface area contributed by atoms with Crippen LogP contribution < -0.4 is 5.32 Å². The van der Waals surface area contributed by atoms with Crippen molar-refractivity contribution in [3.8, 4) is 0 Å². The second kappa shape index (κ2) is 3.83.